The first-order valence-electron chi connectivity index (χ1n) is 6.86. The average molecular weight is 342 g/mol. The van der Waals surface area contributed by atoms with Crippen molar-refractivity contribution < 1.29 is 9.53 Å². The molecule has 0 unspecified atom stereocenters. The van der Waals surface area contributed by atoms with Crippen molar-refractivity contribution in [1.82, 2.24) is 0 Å². The Morgan fingerprint density at radius 1 is 1.17 bits per heavy atom. The van der Waals surface area contributed by atoms with E-state index in [1.807, 2.05) is 24.3 Å². The van der Waals surface area contributed by atoms with Crippen molar-refractivity contribution in [2.45, 2.75) is 0 Å². The van der Waals surface area contributed by atoms with Crippen LogP contribution in [-0.2, 0) is 4.79 Å². The molecule has 1 aliphatic heterocycles. The van der Waals surface area contributed by atoms with Crippen molar-refractivity contribution in [1.29, 1.82) is 0 Å². The molecule has 2 aromatic carbocycles. The lowest BCUT2D eigenvalue weighted by molar-refractivity contribution is -0.113. The molecule has 0 bridgehead atoms. The lowest BCUT2D eigenvalue weighted by Crippen LogP contribution is -2.27. The molecular formula is C17H14N2O2S2. The highest BCUT2D eigenvalue weighted by Gasteiger charge is 2.33. The second kappa shape index (κ2) is 6.44. The zero-order valence-corrected chi connectivity index (χ0v) is 14.0. The number of benzene rings is 2. The summed E-state index contributed by atoms with van der Waals surface area (Å²) in [5.41, 5.74) is 7.89. The predicted molar refractivity (Wildman–Crippen MR) is 99.5 cm³/mol. The predicted octanol–water partition coefficient (Wildman–Crippen LogP) is 3.68. The van der Waals surface area contributed by atoms with Crippen LogP contribution in [0.2, 0.25) is 0 Å². The quantitative estimate of drug-likeness (QED) is 0.524. The molecule has 1 fully saturated rings. The van der Waals surface area contributed by atoms with Gasteiger partial charge in [-0.3, -0.25) is 9.69 Å². The van der Waals surface area contributed by atoms with Gasteiger partial charge in [0.25, 0.3) is 5.91 Å². The first-order chi connectivity index (χ1) is 11.1. The van der Waals surface area contributed by atoms with Gasteiger partial charge in [-0.2, -0.15) is 0 Å². The van der Waals surface area contributed by atoms with Crippen molar-refractivity contribution in [2.24, 2.45) is 0 Å². The van der Waals surface area contributed by atoms with E-state index in [0.717, 1.165) is 5.56 Å². The number of para-hydroxylation sites is 1. The number of hydrogen-bond donors (Lipinski definition) is 1. The van der Waals surface area contributed by atoms with Crippen LogP contribution in [0, 0.1) is 0 Å². The highest BCUT2D eigenvalue weighted by atomic mass is 32.2. The maximum absolute atomic E-state index is 12.7. The third kappa shape index (κ3) is 3.09. The third-order valence-corrected chi connectivity index (χ3v) is 4.67. The van der Waals surface area contributed by atoms with Gasteiger partial charge in [0, 0.05) is 11.3 Å². The monoisotopic (exact) mass is 342 g/mol. The van der Waals surface area contributed by atoms with Gasteiger partial charge in [0.1, 0.15) is 5.75 Å². The van der Waals surface area contributed by atoms with Gasteiger partial charge in [0.15, 0.2) is 4.32 Å². The van der Waals surface area contributed by atoms with Crippen LogP contribution < -0.4 is 15.4 Å². The zero-order chi connectivity index (χ0) is 16.4. The average Bonchev–Trinajstić information content (AvgIpc) is 2.83. The minimum atomic E-state index is -0.143. The van der Waals surface area contributed by atoms with Gasteiger partial charge in [-0.15, -0.1) is 0 Å². The number of thioether (sulfide) groups is 1. The second-order valence-electron chi connectivity index (χ2n) is 4.85. The molecule has 0 atom stereocenters. The number of anilines is 2. The van der Waals surface area contributed by atoms with E-state index >= 15 is 0 Å². The molecule has 3 rings (SSSR count). The molecule has 0 saturated carbocycles. The summed E-state index contributed by atoms with van der Waals surface area (Å²) in [5, 5.41) is 0. The van der Waals surface area contributed by atoms with Crippen LogP contribution in [0.5, 0.6) is 5.75 Å². The van der Waals surface area contributed by atoms with Crippen molar-refractivity contribution in [3.05, 3.63) is 59.0 Å². The fourth-order valence-electron chi connectivity index (χ4n) is 2.24. The van der Waals surface area contributed by atoms with E-state index in [2.05, 4.69) is 0 Å². The van der Waals surface area contributed by atoms with Gasteiger partial charge in [-0.1, -0.05) is 42.2 Å². The first-order valence-corrected chi connectivity index (χ1v) is 8.09. The smallest absolute Gasteiger partial charge is 0.270 e. The summed E-state index contributed by atoms with van der Waals surface area (Å²) in [6, 6.07) is 14.6. The summed E-state index contributed by atoms with van der Waals surface area (Å²) in [5.74, 6) is 0.570. The van der Waals surface area contributed by atoms with E-state index in [-0.39, 0.29) is 5.91 Å². The number of thiocarbonyl (C=S) groups is 1. The largest absolute Gasteiger partial charge is 0.496 e. The van der Waals surface area contributed by atoms with Crippen molar-refractivity contribution in [3.8, 4) is 5.75 Å². The van der Waals surface area contributed by atoms with Crippen LogP contribution in [0.1, 0.15) is 5.56 Å². The highest BCUT2D eigenvalue weighted by Crippen LogP contribution is 2.37. The van der Waals surface area contributed by atoms with Gasteiger partial charge < -0.3 is 10.5 Å². The molecule has 2 N–H and O–H groups in total. The highest BCUT2D eigenvalue weighted by molar-refractivity contribution is 8.27. The Kier molecular flexibility index (Phi) is 4.36. The zero-order valence-electron chi connectivity index (χ0n) is 12.4. The van der Waals surface area contributed by atoms with Crippen LogP contribution >= 0.6 is 24.0 Å². The van der Waals surface area contributed by atoms with E-state index < -0.39 is 0 Å². The number of ether oxygens (including phenoxy) is 1. The number of nitrogen functional groups attached to an aromatic ring is 1. The van der Waals surface area contributed by atoms with E-state index in [1.54, 1.807) is 37.5 Å². The van der Waals surface area contributed by atoms with Crippen molar-refractivity contribution in [3.63, 3.8) is 0 Å². The van der Waals surface area contributed by atoms with Gasteiger partial charge >= 0.3 is 0 Å². The maximum atomic E-state index is 12.7. The fourth-order valence-corrected chi connectivity index (χ4v) is 3.53. The Bertz CT molecular complexity index is 800. The summed E-state index contributed by atoms with van der Waals surface area (Å²) < 4.78 is 5.82. The van der Waals surface area contributed by atoms with Gasteiger partial charge in [0.05, 0.1) is 17.7 Å². The minimum Gasteiger partial charge on any atom is -0.496 e. The summed E-state index contributed by atoms with van der Waals surface area (Å²) in [6.07, 6.45) is 1.80. The third-order valence-electron chi connectivity index (χ3n) is 3.37. The SMILES string of the molecule is COc1ccccc1/C=C1/SC(=S)N(c2ccc(N)cc2)C1=O. The van der Waals surface area contributed by atoms with Crippen LogP contribution in [-0.4, -0.2) is 17.3 Å². The molecule has 0 aliphatic carbocycles. The van der Waals surface area contributed by atoms with Gasteiger partial charge in [0.2, 0.25) is 0 Å². The molecule has 1 amide bonds. The Morgan fingerprint density at radius 2 is 1.87 bits per heavy atom. The van der Waals surface area contributed by atoms with E-state index in [9.17, 15) is 4.79 Å². The molecule has 1 aliphatic rings. The summed E-state index contributed by atoms with van der Waals surface area (Å²) in [6.45, 7) is 0. The molecule has 116 valence electrons. The number of hydrogen-bond acceptors (Lipinski definition) is 5. The molecule has 2 aromatic rings. The maximum Gasteiger partial charge on any atom is 0.270 e. The van der Waals surface area contributed by atoms with Crippen LogP contribution in [0.3, 0.4) is 0 Å². The van der Waals surface area contributed by atoms with Gasteiger partial charge in [-0.25, -0.2) is 0 Å². The number of amides is 1. The Morgan fingerprint density at radius 3 is 2.57 bits per heavy atom. The number of carbonyl (C=O) groups excluding carboxylic acids is 1. The standard InChI is InChI=1S/C17H14N2O2S2/c1-21-14-5-3-2-4-11(14)10-15-16(20)19(17(22)23-15)13-8-6-12(18)7-9-13/h2-10H,18H2,1H3/b15-10+. The van der Waals surface area contributed by atoms with E-state index in [4.69, 9.17) is 22.7 Å². The normalized spacial score (nSPS) is 16.2. The fraction of sp³-hybridized carbons (Fsp3) is 0.0588. The Hall–Kier alpha value is -2.31. The molecule has 1 saturated heterocycles. The van der Waals surface area contributed by atoms with Crippen LogP contribution in [0.15, 0.2) is 53.4 Å². The number of nitrogens with zero attached hydrogens (tertiary/aromatic N) is 1. The number of methoxy groups -OCH3 is 1. The number of carbonyl (C=O) groups is 1. The molecule has 6 heteroatoms. The number of rotatable bonds is 3. The van der Waals surface area contributed by atoms with Crippen molar-refractivity contribution in [2.75, 3.05) is 17.7 Å². The lowest BCUT2D eigenvalue weighted by Gasteiger charge is -2.14. The second-order valence-corrected chi connectivity index (χ2v) is 6.53. The topological polar surface area (TPSA) is 55.6 Å². The number of nitrogens with two attached hydrogens (primary N) is 1. The summed E-state index contributed by atoms with van der Waals surface area (Å²) in [4.78, 5) is 14.8. The Labute approximate surface area is 143 Å². The van der Waals surface area contributed by atoms with Gasteiger partial charge in [-0.05, 0) is 36.4 Å². The first kappa shape index (κ1) is 15.6. The molecule has 0 aromatic heterocycles. The summed E-state index contributed by atoms with van der Waals surface area (Å²) in [7, 11) is 1.60. The molecule has 0 spiro atoms. The van der Waals surface area contributed by atoms with E-state index in [1.165, 1.54) is 16.7 Å². The summed E-state index contributed by atoms with van der Waals surface area (Å²) >= 11 is 6.63. The molecule has 23 heavy (non-hydrogen) atoms. The molecule has 0 radical (unpaired) electrons. The van der Waals surface area contributed by atoms with Crippen molar-refractivity contribution >= 4 is 51.7 Å². The minimum absolute atomic E-state index is 0.143. The van der Waals surface area contributed by atoms with Crippen LogP contribution in [0.4, 0.5) is 11.4 Å². The molecule has 4 nitrogen and oxygen atoms in total. The Balaban J connectivity index is 1.95. The molecule has 1 heterocycles. The lowest BCUT2D eigenvalue weighted by atomic mass is 10.2. The van der Waals surface area contributed by atoms with E-state index in [0.29, 0.717) is 26.3 Å². The van der Waals surface area contributed by atoms with Crippen LogP contribution in [0.25, 0.3) is 6.08 Å². The molecular weight excluding hydrogens is 328 g/mol.